The Hall–Kier alpha value is -0.830. The maximum atomic E-state index is 12.0. The lowest BCUT2D eigenvalue weighted by atomic mass is 9.89. The summed E-state index contributed by atoms with van der Waals surface area (Å²) in [5.74, 6) is 0.701. The molecule has 0 atom stereocenters. The number of nitrogens with one attached hydrogen (secondary N) is 1. The van der Waals surface area contributed by atoms with Crippen molar-refractivity contribution in [1.29, 1.82) is 0 Å². The summed E-state index contributed by atoms with van der Waals surface area (Å²) in [5, 5.41) is 3.06. The number of halogens is 1. The van der Waals surface area contributed by atoms with Gasteiger partial charge >= 0.3 is 0 Å². The third-order valence-electron chi connectivity index (χ3n) is 3.61. The van der Waals surface area contributed by atoms with E-state index in [2.05, 4.69) is 21.2 Å². The fourth-order valence-corrected chi connectivity index (χ4v) is 2.98. The normalized spacial score (nSPS) is 23.7. The second kappa shape index (κ2) is 6.37. The van der Waals surface area contributed by atoms with Crippen LogP contribution < -0.4 is 5.32 Å². The molecule has 0 saturated heterocycles. The number of aryl methyl sites for hydroxylation is 1. The molecule has 0 aromatic heterocycles. The van der Waals surface area contributed by atoms with E-state index in [0.29, 0.717) is 10.7 Å². The van der Waals surface area contributed by atoms with Gasteiger partial charge in [0.2, 0.25) is 0 Å². The molecular weight excluding hydrogens is 290 g/mol. The zero-order valence-electron chi connectivity index (χ0n) is 10.8. The van der Waals surface area contributed by atoms with E-state index in [1.807, 2.05) is 31.2 Å². The van der Waals surface area contributed by atoms with Crippen molar-refractivity contribution in [2.75, 3.05) is 6.54 Å². The van der Waals surface area contributed by atoms with Crippen LogP contribution in [0.25, 0.3) is 0 Å². The van der Waals surface area contributed by atoms with Crippen LogP contribution >= 0.6 is 15.9 Å². The van der Waals surface area contributed by atoms with Gasteiger partial charge in [-0.3, -0.25) is 4.79 Å². The summed E-state index contributed by atoms with van der Waals surface area (Å²) in [6.45, 7) is 2.82. The van der Waals surface area contributed by atoms with Crippen LogP contribution in [0.15, 0.2) is 24.3 Å². The van der Waals surface area contributed by atoms with E-state index in [1.54, 1.807) is 0 Å². The molecule has 1 aromatic carbocycles. The van der Waals surface area contributed by atoms with Gasteiger partial charge in [-0.2, -0.15) is 0 Å². The molecule has 3 heteroatoms. The predicted octanol–water partition coefficient (Wildman–Crippen LogP) is 3.68. The van der Waals surface area contributed by atoms with Crippen LogP contribution in [0.5, 0.6) is 0 Å². The van der Waals surface area contributed by atoms with E-state index in [-0.39, 0.29) is 5.91 Å². The van der Waals surface area contributed by atoms with Gasteiger partial charge in [0.15, 0.2) is 0 Å². The van der Waals surface area contributed by atoms with Crippen LogP contribution in [0.3, 0.4) is 0 Å². The Kier molecular flexibility index (Phi) is 4.81. The monoisotopic (exact) mass is 309 g/mol. The van der Waals surface area contributed by atoms with Gasteiger partial charge in [0.25, 0.3) is 5.91 Å². The van der Waals surface area contributed by atoms with E-state index < -0.39 is 0 Å². The Labute approximate surface area is 117 Å². The topological polar surface area (TPSA) is 29.1 Å². The first-order valence-corrected chi connectivity index (χ1v) is 7.55. The molecular formula is C15H20BrNO. The SMILES string of the molecule is Cc1cccc(C(=O)NCC2CCC(Br)CC2)c1. The fourth-order valence-electron chi connectivity index (χ4n) is 2.45. The molecule has 2 nitrogen and oxygen atoms in total. The molecule has 1 saturated carbocycles. The van der Waals surface area contributed by atoms with Crippen LogP contribution in [0, 0.1) is 12.8 Å². The second-order valence-electron chi connectivity index (χ2n) is 5.20. The van der Waals surface area contributed by atoms with Crippen molar-refractivity contribution >= 4 is 21.8 Å². The number of carbonyl (C=O) groups is 1. The maximum Gasteiger partial charge on any atom is 0.251 e. The number of benzene rings is 1. The molecule has 0 unspecified atom stereocenters. The van der Waals surface area contributed by atoms with Gasteiger partial charge in [0.1, 0.15) is 0 Å². The molecule has 0 radical (unpaired) electrons. The minimum Gasteiger partial charge on any atom is -0.352 e. The van der Waals surface area contributed by atoms with Gasteiger partial charge in [0, 0.05) is 16.9 Å². The van der Waals surface area contributed by atoms with Gasteiger partial charge in [-0.1, -0.05) is 33.6 Å². The molecule has 2 rings (SSSR count). The summed E-state index contributed by atoms with van der Waals surface area (Å²) >= 11 is 3.65. The molecule has 1 aromatic rings. The van der Waals surface area contributed by atoms with Crippen molar-refractivity contribution in [3.05, 3.63) is 35.4 Å². The van der Waals surface area contributed by atoms with E-state index in [1.165, 1.54) is 25.7 Å². The summed E-state index contributed by atoms with van der Waals surface area (Å²) in [6.07, 6.45) is 4.88. The molecule has 0 aliphatic heterocycles. The minimum absolute atomic E-state index is 0.0552. The average molecular weight is 310 g/mol. The van der Waals surface area contributed by atoms with Crippen LogP contribution in [0.2, 0.25) is 0 Å². The Morgan fingerprint density at radius 2 is 2.06 bits per heavy atom. The zero-order valence-corrected chi connectivity index (χ0v) is 12.4. The first-order chi connectivity index (χ1) is 8.65. The van der Waals surface area contributed by atoms with Crippen molar-refractivity contribution < 1.29 is 4.79 Å². The van der Waals surface area contributed by atoms with Crippen molar-refractivity contribution in [1.82, 2.24) is 5.32 Å². The highest BCUT2D eigenvalue weighted by Crippen LogP contribution is 2.28. The third kappa shape index (κ3) is 3.84. The number of hydrogen-bond acceptors (Lipinski definition) is 1. The lowest BCUT2D eigenvalue weighted by Gasteiger charge is -2.25. The Morgan fingerprint density at radius 3 is 2.72 bits per heavy atom. The van der Waals surface area contributed by atoms with Crippen LogP contribution in [0.1, 0.15) is 41.6 Å². The average Bonchev–Trinajstić information content (AvgIpc) is 2.38. The molecule has 18 heavy (non-hydrogen) atoms. The van der Waals surface area contributed by atoms with Crippen molar-refractivity contribution in [3.8, 4) is 0 Å². The van der Waals surface area contributed by atoms with Gasteiger partial charge in [0.05, 0.1) is 0 Å². The Bertz CT molecular complexity index is 411. The summed E-state index contributed by atoms with van der Waals surface area (Å²) < 4.78 is 0. The van der Waals surface area contributed by atoms with E-state index >= 15 is 0 Å². The Morgan fingerprint density at radius 1 is 1.33 bits per heavy atom. The Balaban J connectivity index is 1.81. The number of alkyl halides is 1. The molecule has 1 fully saturated rings. The molecule has 1 aliphatic rings. The fraction of sp³-hybridized carbons (Fsp3) is 0.533. The minimum atomic E-state index is 0.0552. The summed E-state index contributed by atoms with van der Waals surface area (Å²) in [6, 6.07) is 7.75. The summed E-state index contributed by atoms with van der Waals surface area (Å²) in [4.78, 5) is 12.7. The lowest BCUT2D eigenvalue weighted by molar-refractivity contribution is 0.0944. The first kappa shape index (κ1) is 13.6. The highest BCUT2D eigenvalue weighted by Gasteiger charge is 2.19. The summed E-state index contributed by atoms with van der Waals surface area (Å²) in [5.41, 5.74) is 1.90. The molecule has 98 valence electrons. The molecule has 1 amide bonds. The number of carbonyl (C=O) groups excluding carboxylic acids is 1. The smallest absolute Gasteiger partial charge is 0.251 e. The standard InChI is InChI=1S/C15H20BrNO/c1-11-3-2-4-13(9-11)15(18)17-10-12-5-7-14(16)8-6-12/h2-4,9,12,14H,5-8,10H2,1H3,(H,17,18). The largest absolute Gasteiger partial charge is 0.352 e. The van der Waals surface area contributed by atoms with E-state index in [0.717, 1.165) is 17.7 Å². The first-order valence-electron chi connectivity index (χ1n) is 6.64. The van der Waals surface area contributed by atoms with Crippen LogP contribution in [-0.4, -0.2) is 17.3 Å². The predicted molar refractivity (Wildman–Crippen MR) is 78.2 cm³/mol. The van der Waals surface area contributed by atoms with Gasteiger partial charge in [-0.05, 0) is 50.7 Å². The lowest BCUT2D eigenvalue weighted by Crippen LogP contribution is -2.31. The van der Waals surface area contributed by atoms with Crippen LogP contribution in [-0.2, 0) is 0 Å². The maximum absolute atomic E-state index is 12.0. The molecule has 1 N–H and O–H groups in total. The molecule has 0 heterocycles. The molecule has 0 spiro atoms. The number of amides is 1. The number of hydrogen-bond donors (Lipinski definition) is 1. The van der Waals surface area contributed by atoms with E-state index in [4.69, 9.17) is 0 Å². The third-order valence-corrected chi connectivity index (χ3v) is 4.52. The zero-order chi connectivity index (χ0) is 13.0. The van der Waals surface area contributed by atoms with E-state index in [9.17, 15) is 4.79 Å². The summed E-state index contributed by atoms with van der Waals surface area (Å²) in [7, 11) is 0. The number of rotatable bonds is 3. The second-order valence-corrected chi connectivity index (χ2v) is 6.49. The van der Waals surface area contributed by atoms with Gasteiger partial charge < -0.3 is 5.32 Å². The quantitative estimate of drug-likeness (QED) is 0.848. The molecule has 0 bridgehead atoms. The molecule has 1 aliphatic carbocycles. The highest BCUT2D eigenvalue weighted by atomic mass is 79.9. The van der Waals surface area contributed by atoms with Crippen molar-refractivity contribution in [3.63, 3.8) is 0 Å². The van der Waals surface area contributed by atoms with Gasteiger partial charge in [-0.25, -0.2) is 0 Å². The van der Waals surface area contributed by atoms with Gasteiger partial charge in [-0.15, -0.1) is 0 Å². The van der Waals surface area contributed by atoms with Crippen molar-refractivity contribution in [2.24, 2.45) is 5.92 Å². The van der Waals surface area contributed by atoms with Crippen LogP contribution in [0.4, 0.5) is 0 Å². The van der Waals surface area contributed by atoms with Crippen molar-refractivity contribution in [2.45, 2.75) is 37.4 Å². The highest BCUT2D eigenvalue weighted by molar-refractivity contribution is 9.09.